The number of fused-ring (bicyclic) bond motifs is 1. The molecule has 0 atom stereocenters. The SMILES string of the molecule is CC(C)(C)OC(=O)n1cc(B2OC(C)(C)C(C)(C)O2)c2ccc(-c3ccc(F)cc3)cc21. The van der Waals surface area contributed by atoms with Gasteiger partial charge < -0.3 is 14.0 Å². The average molecular weight is 437 g/mol. The summed E-state index contributed by atoms with van der Waals surface area (Å²) in [4.78, 5) is 13.1. The van der Waals surface area contributed by atoms with Crippen LogP contribution in [0.3, 0.4) is 0 Å². The minimum atomic E-state index is -0.646. The molecule has 2 heterocycles. The van der Waals surface area contributed by atoms with E-state index in [-0.39, 0.29) is 5.82 Å². The summed E-state index contributed by atoms with van der Waals surface area (Å²) >= 11 is 0. The van der Waals surface area contributed by atoms with Gasteiger partial charge in [-0.3, -0.25) is 4.57 Å². The topological polar surface area (TPSA) is 49.7 Å². The molecular weight excluding hydrogens is 408 g/mol. The van der Waals surface area contributed by atoms with E-state index in [1.807, 2.05) is 66.7 Å². The van der Waals surface area contributed by atoms with Crippen LogP contribution >= 0.6 is 0 Å². The first kappa shape index (κ1) is 22.6. The molecule has 168 valence electrons. The number of rotatable bonds is 2. The molecule has 0 spiro atoms. The molecule has 0 N–H and O–H groups in total. The number of benzene rings is 2. The lowest BCUT2D eigenvalue weighted by atomic mass is 9.79. The van der Waals surface area contributed by atoms with Crippen molar-refractivity contribution in [3.63, 3.8) is 0 Å². The number of carbonyl (C=O) groups is 1. The van der Waals surface area contributed by atoms with Crippen molar-refractivity contribution < 1.29 is 23.2 Å². The zero-order valence-corrected chi connectivity index (χ0v) is 19.7. The minimum Gasteiger partial charge on any atom is -0.443 e. The van der Waals surface area contributed by atoms with Gasteiger partial charge in [-0.1, -0.05) is 24.3 Å². The van der Waals surface area contributed by atoms with Gasteiger partial charge in [0.05, 0.1) is 16.7 Å². The highest BCUT2D eigenvalue weighted by Crippen LogP contribution is 2.37. The van der Waals surface area contributed by atoms with Crippen LogP contribution in [0.25, 0.3) is 22.0 Å². The molecule has 1 fully saturated rings. The van der Waals surface area contributed by atoms with E-state index in [1.165, 1.54) is 16.7 Å². The van der Waals surface area contributed by atoms with Crippen molar-refractivity contribution in [2.45, 2.75) is 65.3 Å². The van der Waals surface area contributed by atoms with Crippen LogP contribution in [0.5, 0.6) is 0 Å². The Hall–Kier alpha value is -2.64. The maximum absolute atomic E-state index is 13.4. The van der Waals surface area contributed by atoms with Crippen LogP contribution in [-0.4, -0.2) is 34.6 Å². The summed E-state index contributed by atoms with van der Waals surface area (Å²) in [6, 6.07) is 12.1. The van der Waals surface area contributed by atoms with Gasteiger partial charge in [0.1, 0.15) is 11.4 Å². The van der Waals surface area contributed by atoms with Crippen LogP contribution in [0.15, 0.2) is 48.7 Å². The zero-order valence-electron chi connectivity index (χ0n) is 19.7. The molecule has 2 aromatic carbocycles. The fraction of sp³-hybridized carbons (Fsp3) is 0.400. The number of ether oxygens (including phenoxy) is 1. The number of aromatic nitrogens is 1. The summed E-state index contributed by atoms with van der Waals surface area (Å²) < 4.78 is 33.0. The van der Waals surface area contributed by atoms with E-state index in [4.69, 9.17) is 14.0 Å². The van der Waals surface area contributed by atoms with E-state index in [0.29, 0.717) is 5.52 Å². The lowest BCUT2D eigenvalue weighted by Gasteiger charge is -2.32. The van der Waals surface area contributed by atoms with E-state index in [2.05, 4.69) is 0 Å². The summed E-state index contributed by atoms with van der Waals surface area (Å²) in [6.45, 7) is 13.5. The highest BCUT2D eigenvalue weighted by Gasteiger charge is 2.52. The van der Waals surface area contributed by atoms with Crippen LogP contribution in [0.4, 0.5) is 9.18 Å². The Labute approximate surface area is 188 Å². The first-order valence-electron chi connectivity index (χ1n) is 10.8. The molecule has 7 heteroatoms. The number of nitrogens with zero attached hydrogens (tertiary/aromatic N) is 1. The molecule has 5 nitrogen and oxygen atoms in total. The van der Waals surface area contributed by atoms with Gasteiger partial charge in [-0.05, 0) is 77.8 Å². The lowest BCUT2D eigenvalue weighted by molar-refractivity contribution is 0.00578. The summed E-state index contributed by atoms with van der Waals surface area (Å²) in [5.74, 6) is -0.296. The fourth-order valence-corrected chi connectivity index (χ4v) is 3.70. The van der Waals surface area contributed by atoms with Gasteiger partial charge in [-0.2, -0.15) is 0 Å². The second-order valence-electron chi connectivity index (χ2n) is 10.3. The molecule has 0 unspecified atom stereocenters. The molecule has 0 radical (unpaired) electrons. The van der Waals surface area contributed by atoms with Crippen molar-refractivity contribution in [1.29, 1.82) is 0 Å². The van der Waals surface area contributed by atoms with Gasteiger partial charge >= 0.3 is 13.2 Å². The smallest absolute Gasteiger partial charge is 0.443 e. The van der Waals surface area contributed by atoms with Crippen LogP contribution < -0.4 is 5.46 Å². The third-order valence-corrected chi connectivity index (χ3v) is 6.11. The number of hydrogen-bond donors (Lipinski definition) is 0. The predicted molar refractivity (Wildman–Crippen MR) is 125 cm³/mol. The Morgan fingerprint density at radius 1 is 0.969 bits per heavy atom. The van der Waals surface area contributed by atoms with Gasteiger partial charge in [0, 0.05) is 17.0 Å². The van der Waals surface area contributed by atoms with Gasteiger partial charge in [0.25, 0.3) is 0 Å². The van der Waals surface area contributed by atoms with Crippen LogP contribution in [0, 0.1) is 5.82 Å². The van der Waals surface area contributed by atoms with Gasteiger partial charge in [0.15, 0.2) is 0 Å². The molecule has 1 saturated heterocycles. The molecule has 1 aliphatic rings. The second kappa shape index (κ2) is 7.46. The first-order valence-corrected chi connectivity index (χ1v) is 10.8. The molecule has 1 aliphatic heterocycles. The minimum absolute atomic E-state index is 0.296. The van der Waals surface area contributed by atoms with E-state index >= 15 is 0 Å². The van der Waals surface area contributed by atoms with E-state index < -0.39 is 30.0 Å². The first-order chi connectivity index (χ1) is 14.8. The van der Waals surface area contributed by atoms with Crippen molar-refractivity contribution in [3.05, 3.63) is 54.5 Å². The Morgan fingerprint density at radius 2 is 1.53 bits per heavy atom. The Morgan fingerprint density at radius 3 is 2.09 bits per heavy atom. The normalized spacial score (nSPS) is 17.7. The van der Waals surface area contributed by atoms with Gasteiger partial charge in [-0.15, -0.1) is 0 Å². The van der Waals surface area contributed by atoms with Crippen LogP contribution in [0.1, 0.15) is 48.5 Å². The van der Waals surface area contributed by atoms with Crippen molar-refractivity contribution in [2.75, 3.05) is 0 Å². The molecule has 0 amide bonds. The number of halogens is 1. The van der Waals surface area contributed by atoms with Gasteiger partial charge in [-0.25, -0.2) is 9.18 Å². The molecular formula is C25H29BFNO4. The van der Waals surface area contributed by atoms with Crippen molar-refractivity contribution in [2.24, 2.45) is 0 Å². The summed E-state index contributed by atoms with van der Waals surface area (Å²) in [6.07, 6.45) is 1.25. The van der Waals surface area contributed by atoms with E-state index in [9.17, 15) is 9.18 Å². The molecule has 3 aromatic rings. The summed E-state index contributed by atoms with van der Waals surface area (Å²) in [5.41, 5.74) is 1.48. The highest BCUT2D eigenvalue weighted by atomic mass is 19.1. The van der Waals surface area contributed by atoms with Crippen LogP contribution in [0.2, 0.25) is 0 Å². The maximum atomic E-state index is 13.4. The highest BCUT2D eigenvalue weighted by molar-refractivity contribution is 6.65. The monoisotopic (exact) mass is 437 g/mol. The Balaban J connectivity index is 1.85. The van der Waals surface area contributed by atoms with E-state index in [0.717, 1.165) is 22.0 Å². The van der Waals surface area contributed by atoms with Crippen molar-refractivity contribution >= 4 is 29.6 Å². The lowest BCUT2D eigenvalue weighted by Crippen LogP contribution is -2.41. The van der Waals surface area contributed by atoms with E-state index in [1.54, 1.807) is 18.3 Å². The molecule has 0 saturated carbocycles. The molecule has 32 heavy (non-hydrogen) atoms. The number of hydrogen-bond acceptors (Lipinski definition) is 4. The third kappa shape index (κ3) is 4.07. The number of carbonyl (C=O) groups excluding carboxylic acids is 1. The molecule has 0 bridgehead atoms. The molecule has 0 aliphatic carbocycles. The molecule has 4 rings (SSSR count). The van der Waals surface area contributed by atoms with Gasteiger partial charge in [0.2, 0.25) is 0 Å². The van der Waals surface area contributed by atoms with Crippen molar-refractivity contribution in [3.8, 4) is 11.1 Å². The summed E-state index contributed by atoms with van der Waals surface area (Å²) in [7, 11) is -0.622. The zero-order chi connectivity index (χ0) is 23.5. The predicted octanol–water partition coefficient (Wildman–Crippen LogP) is 5.53. The third-order valence-electron chi connectivity index (χ3n) is 6.11. The largest absolute Gasteiger partial charge is 0.497 e. The standard InChI is InChI=1S/C25H29BFNO4/c1-23(2,3)30-22(29)28-15-20(26-31-24(4,5)25(6,7)32-26)19-13-10-17(14-21(19)28)16-8-11-18(27)12-9-16/h8-15H,1-7H3. The maximum Gasteiger partial charge on any atom is 0.497 e. The van der Waals surface area contributed by atoms with Crippen molar-refractivity contribution in [1.82, 2.24) is 4.57 Å². The van der Waals surface area contributed by atoms with Crippen LogP contribution in [-0.2, 0) is 14.0 Å². The average Bonchev–Trinajstić information content (AvgIpc) is 3.14. The Kier molecular flexibility index (Phi) is 5.26. The molecule has 1 aromatic heterocycles. The summed E-state index contributed by atoms with van der Waals surface area (Å²) in [5, 5.41) is 0.834. The second-order valence-corrected chi connectivity index (χ2v) is 10.3. The quantitative estimate of drug-likeness (QED) is 0.495. The fourth-order valence-electron chi connectivity index (χ4n) is 3.70. The Bertz CT molecular complexity index is 1160.